The molecule has 2 aromatic carbocycles. The molecule has 22 heavy (non-hydrogen) atoms. The van der Waals surface area contributed by atoms with Crippen molar-refractivity contribution in [3.8, 4) is 0 Å². The highest BCUT2D eigenvalue weighted by atomic mass is 19.1. The Balaban J connectivity index is 1.73. The Labute approximate surface area is 129 Å². The molecule has 0 radical (unpaired) electrons. The average Bonchev–Trinajstić information content (AvgIpc) is 3.34. The molecule has 0 heterocycles. The highest BCUT2D eigenvalue weighted by Gasteiger charge is 2.28. The number of benzene rings is 2. The van der Waals surface area contributed by atoms with E-state index in [1.54, 1.807) is 18.2 Å². The second-order valence-corrected chi connectivity index (χ2v) is 5.60. The third-order valence-corrected chi connectivity index (χ3v) is 3.77. The summed E-state index contributed by atoms with van der Waals surface area (Å²) in [5.41, 5.74) is 1.44. The highest BCUT2D eigenvalue weighted by molar-refractivity contribution is 5.83. The largest absolute Gasteiger partial charge is 0.352 e. The van der Waals surface area contributed by atoms with Gasteiger partial charge in [-0.25, -0.2) is 4.39 Å². The molecule has 1 saturated carbocycles. The first-order chi connectivity index (χ1) is 10.7. The van der Waals surface area contributed by atoms with Gasteiger partial charge in [-0.05, 0) is 24.5 Å². The van der Waals surface area contributed by atoms with E-state index in [0.717, 1.165) is 18.4 Å². The first-order valence-corrected chi connectivity index (χ1v) is 7.56. The quantitative estimate of drug-likeness (QED) is 0.861. The summed E-state index contributed by atoms with van der Waals surface area (Å²) >= 11 is 0. The van der Waals surface area contributed by atoms with Crippen molar-refractivity contribution in [2.45, 2.75) is 31.5 Å². The Morgan fingerprint density at radius 3 is 2.45 bits per heavy atom. The van der Waals surface area contributed by atoms with Crippen molar-refractivity contribution in [3.63, 3.8) is 0 Å². The van der Waals surface area contributed by atoms with Crippen molar-refractivity contribution >= 4 is 5.91 Å². The molecular formula is C18H19FN2O. The number of nitrogens with one attached hydrogen (secondary N) is 2. The lowest BCUT2D eigenvalue weighted by Crippen LogP contribution is -2.38. The molecule has 0 unspecified atom stereocenters. The summed E-state index contributed by atoms with van der Waals surface area (Å²) in [6.07, 6.45) is 2.08. The highest BCUT2D eigenvalue weighted by Crippen LogP contribution is 2.21. The normalized spacial score (nSPS) is 15.3. The second kappa shape index (κ2) is 6.71. The van der Waals surface area contributed by atoms with E-state index in [4.69, 9.17) is 0 Å². The molecule has 3 nitrogen and oxygen atoms in total. The number of amides is 1. The van der Waals surface area contributed by atoms with Crippen LogP contribution in [0.2, 0.25) is 0 Å². The molecule has 0 aliphatic heterocycles. The molecule has 1 amide bonds. The minimum atomic E-state index is -0.471. The van der Waals surface area contributed by atoms with Gasteiger partial charge in [0, 0.05) is 18.2 Å². The maximum absolute atomic E-state index is 13.7. The van der Waals surface area contributed by atoms with E-state index in [1.165, 1.54) is 6.07 Å². The summed E-state index contributed by atoms with van der Waals surface area (Å²) in [5, 5.41) is 6.18. The fourth-order valence-electron chi connectivity index (χ4n) is 2.37. The van der Waals surface area contributed by atoms with E-state index < -0.39 is 6.04 Å². The van der Waals surface area contributed by atoms with Gasteiger partial charge in [0.15, 0.2) is 0 Å². The van der Waals surface area contributed by atoms with Crippen molar-refractivity contribution in [2.24, 2.45) is 0 Å². The number of halogens is 1. The molecule has 0 aromatic heterocycles. The topological polar surface area (TPSA) is 41.1 Å². The Morgan fingerprint density at radius 2 is 1.77 bits per heavy atom. The molecule has 0 spiro atoms. The van der Waals surface area contributed by atoms with Crippen molar-refractivity contribution < 1.29 is 9.18 Å². The van der Waals surface area contributed by atoms with E-state index in [0.29, 0.717) is 18.2 Å². The number of carbonyl (C=O) groups is 1. The lowest BCUT2D eigenvalue weighted by atomic mass is 10.1. The third-order valence-electron chi connectivity index (χ3n) is 3.77. The van der Waals surface area contributed by atoms with Gasteiger partial charge in [-0.3, -0.25) is 10.1 Å². The van der Waals surface area contributed by atoms with Crippen LogP contribution in [0.1, 0.15) is 30.0 Å². The smallest absolute Gasteiger partial charge is 0.241 e. The van der Waals surface area contributed by atoms with Gasteiger partial charge in [-0.1, -0.05) is 48.5 Å². The lowest BCUT2D eigenvalue weighted by Gasteiger charge is -2.19. The summed E-state index contributed by atoms with van der Waals surface area (Å²) in [5.74, 6) is -0.311. The van der Waals surface area contributed by atoms with Crippen LogP contribution in [0.5, 0.6) is 0 Å². The van der Waals surface area contributed by atoms with Crippen LogP contribution >= 0.6 is 0 Å². The zero-order chi connectivity index (χ0) is 15.4. The number of carbonyl (C=O) groups excluding carboxylic acids is 1. The van der Waals surface area contributed by atoms with Crippen LogP contribution in [0, 0.1) is 5.82 Å². The van der Waals surface area contributed by atoms with Crippen LogP contribution in [0.25, 0.3) is 0 Å². The molecule has 1 aliphatic carbocycles. The lowest BCUT2D eigenvalue weighted by molar-refractivity contribution is -0.123. The molecule has 0 bridgehead atoms. The summed E-state index contributed by atoms with van der Waals surface area (Å²) in [6, 6.07) is 16.0. The van der Waals surface area contributed by atoms with Gasteiger partial charge in [0.2, 0.25) is 5.91 Å². The van der Waals surface area contributed by atoms with Crippen LogP contribution in [-0.2, 0) is 11.3 Å². The van der Waals surface area contributed by atoms with E-state index >= 15 is 0 Å². The summed E-state index contributed by atoms with van der Waals surface area (Å²) < 4.78 is 13.7. The molecule has 1 atom stereocenters. The summed E-state index contributed by atoms with van der Waals surface area (Å²) in [7, 11) is 0. The SMILES string of the molecule is O=C(NC1CC1)[C@H](NCc1ccccc1F)c1ccccc1. The van der Waals surface area contributed by atoms with Crippen LogP contribution in [0.15, 0.2) is 54.6 Å². The van der Waals surface area contributed by atoms with Gasteiger partial charge < -0.3 is 5.32 Å². The molecule has 1 aliphatic rings. The van der Waals surface area contributed by atoms with E-state index in [1.807, 2.05) is 30.3 Å². The molecule has 4 heteroatoms. The molecule has 3 rings (SSSR count). The van der Waals surface area contributed by atoms with Gasteiger partial charge >= 0.3 is 0 Å². The first kappa shape index (κ1) is 14.7. The zero-order valence-corrected chi connectivity index (χ0v) is 12.3. The Bertz CT molecular complexity index is 641. The zero-order valence-electron chi connectivity index (χ0n) is 12.3. The Kier molecular flexibility index (Phi) is 4.49. The summed E-state index contributed by atoms with van der Waals surface area (Å²) in [6.45, 7) is 0.310. The fraction of sp³-hybridized carbons (Fsp3) is 0.278. The van der Waals surface area contributed by atoms with E-state index in [2.05, 4.69) is 10.6 Å². The molecular weight excluding hydrogens is 279 g/mol. The van der Waals surface area contributed by atoms with Crippen LogP contribution < -0.4 is 10.6 Å². The second-order valence-electron chi connectivity index (χ2n) is 5.60. The molecule has 114 valence electrons. The number of hydrogen-bond acceptors (Lipinski definition) is 2. The van der Waals surface area contributed by atoms with Crippen molar-refractivity contribution in [1.82, 2.24) is 10.6 Å². The number of rotatable bonds is 6. The van der Waals surface area contributed by atoms with Gasteiger partial charge in [0.1, 0.15) is 11.9 Å². The standard InChI is InChI=1S/C18H19FN2O/c19-16-9-5-4-8-14(16)12-20-17(13-6-2-1-3-7-13)18(22)21-15-10-11-15/h1-9,15,17,20H,10-12H2,(H,21,22)/t17-/m1/s1. The van der Waals surface area contributed by atoms with Gasteiger partial charge in [-0.2, -0.15) is 0 Å². The van der Waals surface area contributed by atoms with Crippen LogP contribution in [0.3, 0.4) is 0 Å². The maximum atomic E-state index is 13.7. The average molecular weight is 298 g/mol. The summed E-state index contributed by atoms with van der Waals surface area (Å²) in [4.78, 5) is 12.4. The molecule has 0 saturated heterocycles. The van der Waals surface area contributed by atoms with Gasteiger partial charge in [-0.15, -0.1) is 0 Å². The third kappa shape index (κ3) is 3.71. The van der Waals surface area contributed by atoms with Gasteiger partial charge in [0.05, 0.1) is 0 Å². The van der Waals surface area contributed by atoms with Crippen LogP contribution in [0.4, 0.5) is 4.39 Å². The molecule has 2 aromatic rings. The monoisotopic (exact) mass is 298 g/mol. The Morgan fingerprint density at radius 1 is 1.09 bits per heavy atom. The van der Waals surface area contributed by atoms with E-state index in [9.17, 15) is 9.18 Å². The first-order valence-electron chi connectivity index (χ1n) is 7.56. The van der Waals surface area contributed by atoms with Crippen molar-refractivity contribution in [1.29, 1.82) is 0 Å². The number of hydrogen-bond donors (Lipinski definition) is 2. The molecule has 2 N–H and O–H groups in total. The Hall–Kier alpha value is -2.20. The molecule has 1 fully saturated rings. The minimum absolute atomic E-state index is 0.0509. The van der Waals surface area contributed by atoms with Crippen molar-refractivity contribution in [2.75, 3.05) is 0 Å². The predicted octanol–water partition coefficient (Wildman–Crippen LogP) is 2.94. The van der Waals surface area contributed by atoms with E-state index in [-0.39, 0.29) is 11.7 Å². The predicted molar refractivity (Wildman–Crippen MR) is 83.6 cm³/mol. The van der Waals surface area contributed by atoms with Crippen LogP contribution in [-0.4, -0.2) is 11.9 Å². The maximum Gasteiger partial charge on any atom is 0.241 e. The van der Waals surface area contributed by atoms with Gasteiger partial charge in [0.25, 0.3) is 0 Å². The fourth-order valence-corrected chi connectivity index (χ4v) is 2.37. The minimum Gasteiger partial charge on any atom is -0.352 e. The van der Waals surface area contributed by atoms with Crippen molar-refractivity contribution in [3.05, 3.63) is 71.5 Å².